The number of benzene rings is 1. The van der Waals surface area contributed by atoms with Crippen LogP contribution in [-0.2, 0) is 11.3 Å². The summed E-state index contributed by atoms with van der Waals surface area (Å²) in [5.41, 5.74) is 2.40. The van der Waals surface area contributed by atoms with Crippen LogP contribution in [0.1, 0.15) is 24.3 Å². The Morgan fingerprint density at radius 2 is 1.96 bits per heavy atom. The summed E-state index contributed by atoms with van der Waals surface area (Å²) >= 11 is 0. The summed E-state index contributed by atoms with van der Waals surface area (Å²) in [7, 11) is 4.08. The first-order chi connectivity index (χ1) is 11.1. The van der Waals surface area contributed by atoms with Crippen LogP contribution in [0.25, 0.3) is 0 Å². The number of hydrogen-bond donors (Lipinski definition) is 0. The molecule has 1 fully saturated rings. The predicted molar refractivity (Wildman–Crippen MR) is 89.8 cm³/mol. The van der Waals surface area contributed by atoms with E-state index < -0.39 is 0 Å². The molecule has 1 aromatic carbocycles. The largest absolute Gasteiger partial charge is 0.408 e. The molecule has 124 valence electrons. The van der Waals surface area contributed by atoms with Gasteiger partial charge in [-0.1, -0.05) is 17.2 Å². The van der Waals surface area contributed by atoms with E-state index in [2.05, 4.69) is 44.3 Å². The van der Waals surface area contributed by atoms with Crippen LogP contribution in [0.15, 0.2) is 28.7 Å². The van der Waals surface area contributed by atoms with Gasteiger partial charge < -0.3 is 19.0 Å². The number of hydrogen-bond acceptors (Lipinski definition) is 6. The standard InChI is InChI=1S/C17H24N4O2/c1-13-18-19-17(23-13)21(12-16-5-4-10-22-16)11-14-6-8-15(9-7-14)20(2)3/h6-9,16H,4-5,10-12H2,1-3H3. The zero-order valence-corrected chi connectivity index (χ0v) is 14.0. The molecule has 2 heterocycles. The van der Waals surface area contributed by atoms with Crippen molar-refractivity contribution in [2.45, 2.75) is 32.4 Å². The van der Waals surface area contributed by atoms with Gasteiger partial charge in [0.05, 0.1) is 6.10 Å². The second-order valence-corrected chi connectivity index (χ2v) is 6.18. The summed E-state index contributed by atoms with van der Waals surface area (Å²) in [6.45, 7) is 4.16. The molecule has 0 aliphatic carbocycles. The Labute approximate surface area is 137 Å². The maximum atomic E-state index is 5.76. The van der Waals surface area contributed by atoms with Crippen LogP contribution in [-0.4, -0.2) is 43.5 Å². The van der Waals surface area contributed by atoms with Crippen molar-refractivity contribution in [2.24, 2.45) is 0 Å². The molecule has 0 radical (unpaired) electrons. The fourth-order valence-corrected chi connectivity index (χ4v) is 2.78. The van der Waals surface area contributed by atoms with E-state index in [4.69, 9.17) is 9.15 Å². The van der Waals surface area contributed by atoms with Gasteiger partial charge in [0.1, 0.15) is 0 Å². The summed E-state index contributed by atoms with van der Waals surface area (Å²) in [6.07, 6.45) is 2.45. The molecule has 0 amide bonds. The van der Waals surface area contributed by atoms with Gasteiger partial charge in [0.15, 0.2) is 0 Å². The molecule has 6 heteroatoms. The molecule has 1 unspecified atom stereocenters. The lowest BCUT2D eigenvalue weighted by Gasteiger charge is -2.23. The smallest absolute Gasteiger partial charge is 0.318 e. The third-order valence-corrected chi connectivity index (χ3v) is 4.06. The van der Waals surface area contributed by atoms with Crippen molar-refractivity contribution in [3.63, 3.8) is 0 Å². The topological polar surface area (TPSA) is 54.6 Å². The van der Waals surface area contributed by atoms with Gasteiger partial charge in [-0.05, 0) is 30.5 Å². The number of nitrogens with zero attached hydrogens (tertiary/aromatic N) is 4. The summed E-state index contributed by atoms with van der Waals surface area (Å²) < 4.78 is 11.4. The van der Waals surface area contributed by atoms with Crippen LogP contribution in [0.4, 0.5) is 11.7 Å². The molecule has 0 bridgehead atoms. The Bertz CT molecular complexity index is 618. The highest BCUT2D eigenvalue weighted by atomic mass is 16.5. The minimum Gasteiger partial charge on any atom is -0.408 e. The Morgan fingerprint density at radius 3 is 2.52 bits per heavy atom. The summed E-state index contributed by atoms with van der Waals surface area (Å²) in [5, 5.41) is 8.13. The highest BCUT2D eigenvalue weighted by Crippen LogP contribution is 2.21. The van der Waals surface area contributed by atoms with Crippen molar-refractivity contribution in [1.82, 2.24) is 10.2 Å². The van der Waals surface area contributed by atoms with Gasteiger partial charge in [-0.25, -0.2) is 0 Å². The monoisotopic (exact) mass is 316 g/mol. The van der Waals surface area contributed by atoms with E-state index in [1.54, 1.807) is 0 Å². The lowest BCUT2D eigenvalue weighted by atomic mass is 10.1. The molecule has 1 atom stereocenters. The van der Waals surface area contributed by atoms with Crippen molar-refractivity contribution >= 4 is 11.7 Å². The van der Waals surface area contributed by atoms with E-state index in [1.165, 1.54) is 11.3 Å². The maximum Gasteiger partial charge on any atom is 0.318 e. The normalized spacial score (nSPS) is 17.4. The van der Waals surface area contributed by atoms with Crippen LogP contribution < -0.4 is 9.80 Å². The van der Waals surface area contributed by atoms with Crippen LogP contribution >= 0.6 is 0 Å². The molecule has 2 aromatic rings. The minimum absolute atomic E-state index is 0.239. The van der Waals surface area contributed by atoms with Gasteiger partial charge in [-0.2, -0.15) is 0 Å². The molecule has 0 saturated carbocycles. The van der Waals surface area contributed by atoms with E-state index in [1.807, 2.05) is 21.0 Å². The fourth-order valence-electron chi connectivity index (χ4n) is 2.78. The average molecular weight is 316 g/mol. The summed E-state index contributed by atoms with van der Waals surface area (Å²) in [6, 6.07) is 9.09. The van der Waals surface area contributed by atoms with E-state index in [-0.39, 0.29) is 6.10 Å². The predicted octanol–water partition coefficient (Wildman–Crippen LogP) is 2.63. The third-order valence-electron chi connectivity index (χ3n) is 4.06. The molecule has 0 N–H and O–H groups in total. The lowest BCUT2D eigenvalue weighted by Crippen LogP contribution is -2.32. The maximum absolute atomic E-state index is 5.76. The van der Waals surface area contributed by atoms with Crippen LogP contribution in [0.5, 0.6) is 0 Å². The molecule has 0 spiro atoms. The summed E-state index contributed by atoms with van der Waals surface area (Å²) in [4.78, 5) is 4.20. The van der Waals surface area contributed by atoms with E-state index >= 15 is 0 Å². The van der Waals surface area contributed by atoms with Gasteiger partial charge >= 0.3 is 6.01 Å². The average Bonchev–Trinajstić information content (AvgIpc) is 3.19. The molecule has 6 nitrogen and oxygen atoms in total. The Balaban J connectivity index is 1.74. The number of rotatable bonds is 6. The molecule has 23 heavy (non-hydrogen) atoms. The Hall–Kier alpha value is -2.08. The van der Waals surface area contributed by atoms with Crippen molar-refractivity contribution in [3.05, 3.63) is 35.7 Å². The SMILES string of the molecule is Cc1nnc(N(Cc2ccc(N(C)C)cc2)CC2CCCO2)o1. The summed E-state index contributed by atoms with van der Waals surface area (Å²) in [5.74, 6) is 0.584. The zero-order chi connectivity index (χ0) is 16.2. The lowest BCUT2D eigenvalue weighted by molar-refractivity contribution is 0.114. The van der Waals surface area contributed by atoms with Crippen molar-refractivity contribution in [3.8, 4) is 0 Å². The van der Waals surface area contributed by atoms with Gasteiger partial charge in [0.2, 0.25) is 5.89 Å². The van der Waals surface area contributed by atoms with Gasteiger partial charge in [-0.3, -0.25) is 0 Å². The minimum atomic E-state index is 0.239. The van der Waals surface area contributed by atoms with Crippen molar-refractivity contribution in [1.29, 1.82) is 0 Å². The van der Waals surface area contributed by atoms with Gasteiger partial charge in [0.25, 0.3) is 0 Å². The van der Waals surface area contributed by atoms with Crippen LogP contribution in [0.2, 0.25) is 0 Å². The zero-order valence-electron chi connectivity index (χ0n) is 14.0. The second kappa shape index (κ2) is 7.00. The molecule has 1 aromatic heterocycles. The third kappa shape index (κ3) is 4.01. The van der Waals surface area contributed by atoms with Gasteiger partial charge in [-0.15, -0.1) is 5.10 Å². The number of aromatic nitrogens is 2. The Kier molecular flexibility index (Phi) is 4.81. The van der Waals surface area contributed by atoms with E-state index in [9.17, 15) is 0 Å². The number of ether oxygens (including phenoxy) is 1. The number of aryl methyl sites for hydroxylation is 1. The van der Waals surface area contributed by atoms with Crippen molar-refractivity contribution < 1.29 is 9.15 Å². The number of anilines is 2. The highest BCUT2D eigenvalue weighted by molar-refractivity contribution is 5.46. The first kappa shape index (κ1) is 15.8. The first-order valence-corrected chi connectivity index (χ1v) is 8.05. The van der Waals surface area contributed by atoms with Crippen molar-refractivity contribution in [2.75, 3.05) is 37.0 Å². The van der Waals surface area contributed by atoms with E-state index in [0.29, 0.717) is 11.9 Å². The Morgan fingerprint density at radius 1 is 1.17 bits per heavy atom. The molecular formula is C17H24N4O2. The van der Waals surface area contributed by atoms with E-state index in [0.717, 1.165) is 32.5 Å². The molecule has 3 rings (SSSR count). The quantitative estimate of drug-likeness (QED) is 0.816. The molecule has 1 aliphatic heterocycles. The second-order valence-electron chi connectivity index (χ2n) is 6.18. The first-order valence-electron chi connectivity index (χ1n) is 8.05. The highest BCUT2D eigenvalue weighted by Gasteiger charge is 2.22. The van der Waals surface area contributed by atoms with Gasteiger partial charge in [0, 0.05) is 46.4 Å². The fraction of sp³-hybridized carbons (Fsp3) is 0.529. The molecule has 1 saturated heterocycles. The molecule has 1 aliphatic rings. The van der Waals surface area contributed by atoms with Crippen LogP contribution in [0.3, 0.4) is 0 Å². The van der Waals surface area contributed by atoms with Crippen LogP contribution in [0, 0.1) is 6.92 Å². The molecular weight excluding hydrogens is 292 g/mol.